The van der Waals surface area contributed by atoms with E-state index in [2.05, 4.69) is 0 Å². The lowest BCUT2D eigenvalue weighted by Gasteiger charge is -2.36. The van der Waals surface area contributed by atoms with Gasteiger partial charge in [0.25, 0.3) is 0 Å². The molecule has 1 aromatic carbocycles. The molecule has 0 spiro atoms. The Kier molecular flexibility index (Phi) is 4.61. The molecule has 0 aliphatic carbocycles. The highest BCUT2D eigenvalue weighted by Crippen LogP contribution is 2.29. The predicted molar refractivity (Wildman–Crippen MR) is 74.3 cm³/mol. The van der Waals surface area contributed by atoms with E-state index in [-0.39, 0.29) is 30.7 Å². The summed E-state index contributed by atoms with van der Waals surface area (Å²) < 4.78 is 40.4. The minimum atomic E-state index is -3.97. The predicted octanol–water partition coefficient (Wildman–Crippen LogP) is 1.48. The molecule has 1 aliphatic rings. The number of halogens is 1. The molecule has 0 amide bonds. The lowest BCUT2D eigenvalue weighted by molar-refractivity contribution is 0.139. The molecule has 114 valence electrons. The van der Waals surface area contributed by atoms with Crippen LogP contribution in [0.25, 0.3) is 0 Å². The maximum atomic E-state index is 14.0. The summed E-state index contributed by atoms with van der Waals surface area (Å²) in [7, 11) is -3.97. The number of rotatable bonds is 3. The number of benzene rings is 1. The van der Waals surface area contributed by atoms with E-state index in [9.17, 15) is 17.9 Å². The first-order chi connectivity index (χ1) is 9.90. The van der Waals surface area contributed by atoms with Crippen LogP contribution in [0.2, 0.25) is 0 Å². The van der Waals surface area contributed by atoms with Crippen molar-refractivity contribution in [2.75, 3.05) is 13.2 Å². The molecule has 0 saturated carbocycles. The summed E-state index contributed by atoms with van der Waals surface area (Å²) in [4.78, 5) is -0.424. The van der Waals surface area contributed by atoms with E-state index < -0.39 is 20.7 Å². The number of piperidine rings is 1. The van der Waals surface area contributed by atoms with Crippen molar-refractivity contribution in [3.63, 3.8) is 0 Å². The maximum absolute atomic E-state index is 14.0. The number of aliphatic hydroxyl groups excluding tert-OH is 1. The van der Waals surface area contributed by atoms with Crippen molar-refractivity contribution in [2.45, 2.75) is 30.7 Å². The Labute approximate surface area is 123 Å². The van der Waals surface area contributed by atoms with Crippen LogP contribution in [-0.4, -0.2) is 37.0 Å². The topological polar surface area (TPSA) is 81.4 Å². The number of hydrogen-bond acceptors (Lipinski definition) is 4. The molecular weight excluding hydrogens is 295 g/mol. The Balaban J connectivity index is 2.39. The molecule has 1 aromatic rings. The van der Waals surface area contributed by atoms with Crippen LogP contribution in [0.4, 0.5) is 4.39 Å². The first-order valence-electron chi connectivity index (χ1n) is 6.72. The summed E-state index contributed by atoms with van der Waals surface area (Å²) in [6.45, 7) is 1.86. The quantitative estimate of drug-likeness (QED) is 0.916. The largest absolute Gasteiger partial charge is 0.396 e. The number of sulfonamides is 1. The van der Waals surface area contributed by atoms with Gasteiger partial charge in [-0.05, 0) is 43.9 Å². The second-order valence-corrected chi connectivity index (χ2v) is 7.17. The van der Waals surface area contributed by atoms with Gasteiger partial charge in [0, 0.05) is 19.2 Å². The van der Waals surface area contributed by atoms with Crippen LogP contribution in [0.3, 0.4) is 0 Å². The van der Waals surface area contributed by atoms with Crippen LogP contribution >= 0.6 is 0 Å². The average molecular weight is 312 g/mol. The molecule has 0 radical (unpaired) electrons. The van der Waals surface area contributed by atoms with Gasteiger partial charge in [-0.25, -0.2) is 12.8 Å². The van der Waals surface area contributed by atoms with Crippen LogP contribution in [0, 0.1) is 23.1 Å². The zero-order valence-corrected chi connectivity index (χ0v) is 12.5. The van der Waals surface area contributed by atoms with Crippen LogP contribution in [0.1, 0.15) is 25.3 Å². The van der Waals surface area contributed by atoms with Gasteiger partial charge in [-0.15, -0.1) is 0 Å². The zero-order valence-electron chi connectivity index (χ0n) is 11.7. The number of aliphatic hydroxyl groups is 1. The van der Waals surface area contributed by atoms with Crippen molar-refractivity contribution in [2.24, 2.45) is 5.92 Å². The van der Waals surface area contributed by atoms with Gasteiger partial charge < -0.3 is 5.11 Å². The highest BCUT2D eigenvalue weighted by Gasteiger charge is 2.36. The van der Waals surface area contributed by atoms with Gasteiger partial charge in [-0.3, -0.25) is 0 Å². The molecule has 1 heterocycles. The third-order valence-corrected chi connectivity index (χ3v) is 5.84. The standard InChI is InChI=1S/C14H17FN2O3S/c1-10-2-3-12(9-18)8-17(10)21(19,20)14-5-4-11(7-16)6-13(14)15/h4-6,10,12,18H,2-3,8-9H2,1H3. The van der Waals surface area contributed by atoms with E-state index in [1.165, 1.54) is 10.4 Å². The Morgan fingerprint density at radius 2 is 2.19 bits per heavy atom. The Bertz CT molecular complexity index is 669. The van der Waals surface area contributed by atoms with Crippen LogP contribution in [-0.2, 0) is 10.0 Å². The normalized spacial score (nSPS) is 23.7. The van der Waals surface area contributed by atoms with Crippen LogP contribution in [0.15, 0.2) is 23.1 Å². The van der Waals surface area contributed by atoms with Crippen molar-refractivity contribution in [3.8, 4) is 6.07 Å². The lowest BCUT2D eigenvalue weighted by atomic mass is 9.96. The smallest absolute Gasteiger partial charge is 0.246 e. The van der Waals surface area contributed by atoms with Crippen molar-refractivity contribution < 1.29 is 17.9 Å². The van der Waals surface area contributed by atoms with Crippen molar-refractivity contribution >= 4 is 10.0 Å². The molecule has 1 saturated heterocycles. The fourth-order valence-corrected chi connectivity index (χ4v) is 4.32. The SMILES string of the molecule is CC1CCC(CO)CN1S(=O)(=O)c1ccc(C#N)cc1F. The molecular formula is C14H17FN2O3S. The van der Waals surface area contributed by atoms with Crippen molar-refractivity contribution in [1.29, 1.82) is 5.26 Å². The summed E-state index contributed by atoms with van der Waals surface area (Å²) in [5.74, 6) is -1.05. The van der Waals surface area contributed by atoms with Crippen LogP contribution in [0.5, 0.6) is 0 Å². The molecule has 2 rings (SSSR count). The highest BCUT2D eigenvalue weighted by atomic mass is 32.2. The van der Waals surface area contributed by atoms with Gasteiger partial charge in [0.15, 0.2) is 0 Å². The molecule has 1 aliphatic heterocycles. The van der Waals surface area contributed by atoms with E-state index in [1.54, 1.807) is 13.0 Å². The number of nitriles is 1. The molecule has 1 fully saturated rings. The molecule has 7 heteroatoms. The van der Waals surface area contributed by atoms with Gasteiger partial charge in [0.2, 0.25) is 10.0 Å². The maximum Gasteiger partial charge on any atom is 0.246 e. The molecule has 2 unspecified atom stereocenters. The van der Waals surface area contributed by atoms with Crippen LogP contribution < -0.4 is 0 Å². The van der Waals surface area contributed by atoms with Crippen molar-refractivity contribution in [3.05, 3.63) is 29.6 Å². The average Bonchev–Trinajstić information content (AvgIpc) is 2.47. The number of nitrogens with zero attached hydrogens (tertiary/aromatic N) is 2. The summed E-state index contributed by atoms with van der Waals surface area (Å²) in [6.07, 6.45) is 1.38. The first kappa shape index (κ1) is 15.9. The molecule has 0 bridgehead atoms. The summed E-state index contributed by atoms with van der Waals surface area (Å²) in [6, 6.07) is 4.86. The summed E-state index contributed by atoms with van der Waals surface area (Å²) >= 11 is 0. The summed E-state index contributed by atoms with van der Waals surface area (Å²) in [5, 5.41) is 17.9. The van der Waals surface area contributed by atoms with E-state index in [0.717, 1.165) is 18.6 Å². The third-order valence-electron chi connectivity index (χ3n) is 3.83. The van der Waals surface area contributed by atoms with Gasteiger partial charge in [-0.2, -0.15) is 9.57 Å². The fourth-order valence-electron chi connectivity index (χ4n) is 2.54. The molecule has 21 heavy (non-hydrogen) atoms. The highest BCUT2D eigenvalue weighted by molar-refractivity contribution is 7.89. The zero-order chi connectivity index (χ0) is 15.6. The molecule has 5 nitrogen and oxygen atoms in total. The monoisotopic (exact) mass is 312 g/mol. The molecule has 2 atom stereocenters. The minimum Gasteiger partial charge on any atom is -0.396 e. The van der Waals surface area contributed by atoms with Gasteiger partial charge in [0.1, 0.15) is 10.7 Å². The van der Waals surface area contributed by atoms with Gasteiger partial charge in [-0.1, -0.05) is 0 Å². The molecule has 1 N–H and O–H groups in total. The number of hydrogen-bond donors (Lipinski definition) is 1. The van der Waals surface area contributed by atoms with Gasteiger partial charge >= 0.3 is 0 Å². The summed E-state index contributed by atoms with van der Waals surface area (Å²) in [5.41, 5.74) is 0.0753. The first-order valence-corrected chi connectivity index (χ1v) is 8.16. The van der Waals surface area contributed by atoms with E-state index in [4.69, 9.17) is 5.26 Å². The van der Waals surface area contributed by atoms with Gasteiger partial charge in [0.05, 0.1) is 11.6 Å². The minimum absolute atomic E-state index is 0.0753. The van der Waals surface area contributed by atoms with E-state index >= 15 is 0 Å². The molecule has 0 aromatic heterocycles. The Hall–Kier alpha value is -1.49. The second-order valence-electron chi connectivity index (χ2n) is 5.31. The van der Waals surface area contributed by atoms with E-state index in [1.807, 2.05) is 0 Å². The Morgan fingerprint density at radius 1 is 1.48 bits per heavy atom. The lowest BCUT2D eigenvalue weighted by Crippen LogP contribution is -2.46. The Morgan fingerprint density at radius 3 is 2.76 bits per heavy atom. The third kappa shape index (κ3) is 3.07. The van der Waals surface area contributed by atoms with Crippen molar-refractivity contribution in [1.82, 2.24) is 4.31 Å². The van der Waals surface area contributed by atoms with E-state index in [0.29, 0.717) is 6.42 Å². The fraction of sp³-hybridized carbons (Fsp3) is 0.500. The second kappa shape index (κ2) is 6.10.